The summed E-state index contributed by atoms with van der Waals surface area (Å²) in [6.45, 7) is 1.43. The zero-order valence-corrected chi connectivity index (χ0v) is 16.6. The predicted molar refractivity (Wildman–Crippen MR) is 106 cm³/mol. The number of morpholine rings is 1. The van der Waals surface area contributed by atoms with Crippen molar-refractivity contribution >= 4 is 23.2 Å². The van der Waals surface area contributed by atoms with Crippen LogP contribution in [0.1, 0.15) is 31.3 Å². The highest BCUT2D eigenvalue weighted by Crippen LogP contribution is 2.32. The van der Waals surface area contributed by atoms with E-state index in [1.165, 1.54) is 23.5 Å². The molecule has 2 fully saturated rings. The highest BCUT2D eigenvalue weighted by atomic mass is 19.3. The summed E-state index contributed by atoms with van der Waals surface area (Å²) in [4.78, 5) is 28.0. The van der Waals surface area contributed by atoms with E-state index in [0.717, 1.165) is 19.4 Å². The normalized spacial score (nSPS) is 18.8. The number of rotatable bonds is 8. The molecule has 1 aromatic rings. The second-order valence-corrected chi connectivity index (χ2v) is 7.65. The van der Waals surface area contributed by atoms with Crippen LogP contribution in [-0.2, 0) is 14.3 Å². The smallest absolute Gasteiger partial charge is 0.265 e. The van der Waals surface area contributed by atoms with Crippen molar-refractivity contribution in [3.05, 3.63) is 23.8 Å². The maximum atomic E-state index is 13.7. The van der Waals surface area contributed by atoms with Crippen molar-refractivity contribution in [3.63, 3.8) is 0 Å². The minimum Gasteiger partial charge on any atom is -0.370 e. The van der Waals surface area contributed by atoms with Crippen molar-refractivity contribution in [1.29, 1.82) is 0 Å². The number of nitrogens with zero attached hydrogens (tertiary/aromatic N) is 2. The van der Waals surface area contributed by atoms with Crippen LogP contribution >= 0.6 is 0 Å². The van der Waals surface area contributed by atoms with Gasteiger partial charge in [0.1, 0.15) is 12.6 Å². The van der Waals surface area contributed by atoms with E-state index in [-0.39, 0.29) is 30.3 Å². The second kappa shape index (κ2) is 9.60. The lowest BCUT2D eigenvalue weighted by Gasteiger charge is -2.34. The molecule has 2 amide bonds. The van der Waals surface area contributed by atoms with Gasteiger partial charge >= 0.3 is 0 Å². The Morgan fingerprint density at radius 3 is 2.76 bits per heavy atom. The van der Waals surface area contributed by atoms with Gasteiger partial charge in [0.15, 0.2) is 0 Å². The fraction of sp³-hybridized carbons (Fsp3) is 0.600. The summed E-state index contributed by atoms with van der Waals surface area (Å²) in [5.41, 5.74) is 5.86. The first-order valence-electron chi connectivity index (χ1n) is 9.92. The van der Waals surface area contributed by atoms with Gasteiger partial charge in [-0.25, -0.2) is 8.78 Å². The number of carbonyl (C=O) groups excluding carboxylic acids is 2. The van der Waals surface area contributed by atoms with E-state index in [9.17, 15) is 18.4 Å². The Bertz CT molecular complexity index is 742. The highest BCUT2D eigenvalue weighted by Gasteiger charge is 2.28. The summed E-state index contributed by atoms with van der Waals surface area (Å²) in [5.74, 6) is -0.135. The molecule has 0 unspecified atom stereocenters. The van der Waals surface area contributed by atoms with Crippen LogP contribution in [0.15, 0.2) is 18.2 Å². The van der Waals surface area contributed by atoms with Crippen molar-refractivity contribution in [2.45, 2.75) is 31.7 Å². The Hall–Kier alpha value is -2.10. The van der Waals surface area contributed by atoms with E-state index in [0.29, 0.717) is 24.8 Å². The van der Waals surface area contributed by atoms with Gasteiger partial charge in [0.25, 0.3) is 12.3 Å². The molecule has 1 aliphatic carbocycles. The van der Waals surface area contributed by atoms with Crippen LogP contribution in [0.5, 0.6) is 0 Å². The average molecular weight is 410 g/mol. The number of hydrogen-bond donors (Lipinski definition) is 2. The van der Waals surface area contributed by atoms with Crippen LogP contribution in [0.3, 0.4) is 0 Å². The average Bonchev–Trinajstić information content (AvgIpc) is 2.66. The molecule has 3 rings (SSSR count). The quantitative estimate of drug-likeness (QED) is 0.684. The van der Waals surface area contributed by atoms with E-state index >= 15 is 0 Å². The van der Waals surface area contributed by atoms with Gasteiger partial charge in [-0.3, -0.25) is 14.5 Å². The molecular formula is C20H28F2N4O3. The zero-order chi connectivity index (χ0) is 21.0. The lowest BCUT2D eigenvalue weighted by atomic mass is 9.85. The Labute approximate surface area is 169 Å². The largest absolute Gasteiger partial charge is 0.370 e. The maximum absolute atomic E-state index is 13.7. The molecule has 1 saturated heterocycles. The molecule has 0 radical (unpaired) electrons. The van der Waals surface area contributed by atoms with Gasteiger partial charge in [0.2, 0.25) is 5.91 Å². The minimum atomic E-state index is -2.80. The van der Waals surface area contributed by atoms with Gasteiger partial charge in [-0.15, -0.1) is 0 Å². The third-order valence-corrected chi connectivity index (χ3v) is 5.65. The number of hydrogen-bond acceptors (Lipinski definition) is 5. The molecule has 1 atom stereocenters. The van der Waals surface area contributed by atoms with Gasteiger partial charge in [-0.2, -0.15) is 0 Å². The fourth-order valence-electron chi connectivity index (χ4n) is 3.72. The predicted octanol–water partition coefficient (Wildman–Crippen LogP) is 1.99. The Balaban J connectivity index is 1.74. The zero-order valence-electron chi connectivity index (χ0n) is 16.6. The Morgan fingerprint density at radius 2 is 2.17 bits per heavy atom. The first-order valence-corrected chi connectivity index (χ1v) is 9.92. The van der Waals surface area contributed by atoms with Crippen LogP contribution in [-0.4, -0.2) is 62.7 Å². The molecule has 3 N–H and O–H groups in total. The van der Waals surface area contributed by atoms with Crippen LogP contribution in [0, 0.1) is 5.92 Å². The van der Waals surface area contributed by atoms with E-state index < -0.39 is 18.4 Å². The van der Waals surface area contributed by atoms with Crippen LogP contribution in [0.25, 0.3) is 0 Å². The van der Waals surface area contributed by atoms with Crippen LogP contribution in [0.2, 0.25) is 0 Å². The Morgan fingerprint density at radius 1 is 1.41 bits per heavy atom. The minimum absolute atomic E-state index is 0.0324. The molecule has 1 aromatic carbocycles. The van der Waals surface area contributed by atoms with Gasteiger partial charge in [0, 0.05) is 36.6 Å². The van der Waals surface area contributed by atoms with Crippen LogP contribution < -0.4 is 16.0 Å². The van der Waals surface area contributed by atoms with Crippen molar-refractivity contribution < 1.29 is 23.1 Å². The number of alkyl halides is 2. The number of anilines is 2. The number of likely N-dealkylation sites (N-methyl/N-ethyl adjacent to an activating group) is 1. The molecule has 29 heavy (non-hydrogen) atoms. The van der Waals surface area contributed by atoms with Crippen molar-refractivity contribution in [2.75, 3.05) is 50.1 Å². The molecule has 0 bridgehead atoms. The lowest BCUT2D eigenvalue weighted by molar-refractivity contribution is -0.125. The molecule has 2 aliphatic rings. The van der Waals surface area contributed by atoms with Gasteiger partial charge in [0.05, 0.1) is 6.61 Å². The van der Waals surface area contributed by atoms with E-state index in [2.05, 4.69) is 5.32 Å². The monoisotopic (exact) mass is 410 g/mol. The number of nitrogens with one attached hydrogen (secondary N) is 1. The molecule has 9 heteroatoms. The molecule has 1 heterocycles. The van der Waals surface area contributed by atoms with E-state index in [1.54, 1.807) is 6.07 Å². The fourth-order valence-corrected chi connectivity index (χ4v) is 3.72. The molecule has 0 spiro atoms. The summed E-state index contributed by atoms with van der Waals surface area (Å²) in [6.07, 6.45) is 0.680. The van der Waals surface area contributed by atoms with Gasteiger partial charge < -0.3 is 20.7 Å². The maximum Gasteiger partial charge on any atom is 0.265 e. The number of ether oxygens (including phenoxy) is 1. The van der Waals surface area contributed by atoms with E-state index in [1.807, 2.05) is 11.9 Å². The second-order valence-electron chi connectivity index (χ2n) is 7.65. The van der Waals surface area contributed by atoms with Gasteiger partial charge in [-0.05, 0) is 44.0 Å². The third kappa shape index (κ3) is 5.09. The molecule has 0 aromatic heterocycles. The third-order valence-electron chi connectivity index (χ3n) is 5.65. The van der Waals surface area contributed by atoms with Crippen LogP contribution in [0.4, 0.5) is 20.2 Å². The summed E-state index contributed by atoms with van der Waals surface area (Å²) in [6, 6.07) is 3.62. The topological polar surface area (TPSA) is 87.9 Å². The molecule has 1 aliphatic heterocycles. The van der Waals surface area contributed by atoms with Crippen molar-refractivity contribution in [3.8, 4) is 0 Å². The summed E-state index contributed by atoms with van der Waals surface area (Å²) >= 11 is 0. The first kappa shape index (κ1) is 21.6. The standard InChI is InChI=1S/C20H28F2N4O3/c1-25(11-13-3-2-4-13)17(10-23)20(28)24-16-6-5-14(9-15(16)19(21)22)26-7-8-29-12-18(26)27/h5-6,9,13,17,19H,2-4,7-8,10-12,23H2,1H3,(H,24,28)/t17-/m1/s1. The number of carbonyl (C=O) groups is 2. The SMILES string of the molecule is CN(CC1CCC1)[C@H](CN)C(=O)Nc1ccc(N2CCOCC2=O)cc1C(F)F. The summed E-state index contributed by atoms with van der Waals surface area (Å²) < 4.78 is 32.4. The molecule has 1 saturated carbocycles. The Kier molecular flexibility index (Phi) is 7.15. The molecule has 7 nitrogen and oxygen atoms in total. The number of benzene rings is 1. The first-order chi connectivity index (χ1) is 13.9. The number of halogens is 2. The summed E-state index contributed by atoms with van der Waals surface area (Å²) in [5, 5.41) is 2.61. The highest BCUT2D eigenvalue weighted by molar-refractivity contribution is 5.97. The number of nitrogens with two attached hydrogens (primary N) is 1. The number of amides is 2. The van der Waals surface area contributed by atoms with Crippen molar-refractivity contribution in [1.82, 2.24) is 4.90 Å². The van der Waals surface area contributed by atoms with E-state index in [4.69, 9.17) is 10.5 Å². The lowest BCUT2D eigenvalue weighted by Crippen LogP contribution is -2.49. The molecule has 160 valence electrons. The van der Waals surface area contributed by atoms with Gasteiger partial charge in [-0.1, -0.05) is 6.42 Å². The summed E-state index contributed by atoms with van der Waals surface area (Å²) in [7, 11) is 1.83. The molecular weight excluding hydrogens is 382 g/mol. The van der Waals surface area contributed by atoms with Crippen molar-refractivity contribution in [2.24, 2.45) is 11.7 Å².